The molecule has 2 N–H and O–H groups in total. The van der Waals surface area contributed by atoms with Crippen LogP contribution in [0.4, 0.5) is 15.8 Å². The van der Waals surface area contributed by atoms with Gasteiger partial charge in [0.05, 0.1) is 22.7 Å². The Balaban J connectivity index is 1.74. The molecular formula is C20H24FN3O4S. The van der Waals surface area contributed by atoms with E-state index < -0.39 is 16.0 Å². The van der Waals surface area contributed by atoms with E-state index in [1.807, 2.05) is 11.0 Å². The van der Waals surface area contributed by atoms with Crippen LogP contribution in [-0.2, 0) is 16.6 Å². The lowest BCUT2D eigenvalue weighted by atomic mass is 10.1. The quantitative estimate of drug-likeness (QED) is 0.714. The molecule has 0 aromatic heterocycles. The van der Waals surface area contributed by atoms with Crippen LogP contribution in [0.15, 0.2) is 42.5 Å². The molecule has 1 aliphatic rings. The molecule has 0 atom stereocenters. The Labute approximate surface area is 169 Å². The molecule has 0 radical (unpaired) electrons. The van der Waals surface area contributed by atoms with Crippen LogP contribution in [0.25, 0.3) is 0 Å². The predicted octanol–water partition coefficient (Wildman–Crippen LogP) is 2.61. The molecule has 9 heteroatoms. The number of carboxylic acids is 1. The van der Waals surface area contributed by atoms with E-state index >= 15 is 0 Å². The second kappa shape index (κ2) is 8.79. The number of rotatable bonds is 7. The summed E-state index contributed by atoms with van der Waals surface area (Å²) in [5, 5.41) is 9.24. The van der Waals surface area contributed by atoms with Gasteiger partial charge in [0.2, 0.25) is 10.0 Å². The maximum absolute atomic E-state index is 13.4. The van der Waals surface area contributed by atoms with Crippen molar-refractivity contribution in [2.45, 2.75) is 13.5 Å². The van der Waals surface area contributed by atoms with Crippen LogP contribution in [-0.4, -0.2) is 56.3 Å². The number of piperazine rings is 1. The smallest absolute Gasteiger partial charge is 0.335 e. The van der Waals surface area contributed by atoms with E-state index in [4.69, 9.17) is 0 Å². The van der Waals surface area contributed by atoms with E-state index in [0.717, 1.165) is 18.7 Å². The zero-order chi connectivity index (χ0) is 21.0. The Bertz CT molecular complexity index is 989. The molecule has 2 aromatic carbocycles. The maximum atomic E-state index is 13.4. The van der Waals surface area contributed by atoms with Crippen molar-refractivity contribution >= 4 is 27.4 Å². The first-order chi connectivity index (χ1) is 13.8. The van der Waals surface area contributed by atoms with Crippen molar-refractivity contribution in [3.63, 3.8) is 0 Å². The summed E-state index contributed by atoms with van der Waals surface area (Å²) in [5.74, 6) is -1.48. The van der Waals surface area contributed by atoms with Gasteiger partial charge >= 0.3 is 5.97 Å². The average molecular weight is 421 g/mol. The van der Waals surface area contributed by atoms with Crippen LogP contribution in [0, 0.1) is 5.82 Å². The van der Waals surface area contributed by atoms with Crippen LogP contribution in [0.1, 0.15) is 22.8 Å². The fourth-order valence-electron chi connectivity index (χ4n) is 3.31. The lowest BCUT2D eigenvalue weighted by Gasteiger charge is -2.37. The predicted molar refractivity (Wildman–Crippen MR) is 110 cm³/mol. The molecule has 0 aliphatic carbocycles. The van der Waals surface area contributed by atoms with Crippen LogP contribution in [0.5, 0.6) is 0 Å². The van der Waals surface area contributed by atoms with Gasteiger partial charge in [-0.2, -0.15) is 0 Å². The first kappa shape index (κ1) is 21.1. The number of carboxylic acid groups (broad SMARTS) is 1. The molecule has 0 spiro atoms. The second-order valence-electron chi connectivity index (χ2n) is 6.94. The highest BCUT2D eigenvalue weighted by Gasteiger charge is 2.22. The van der Waals surface area contributed by atoms with E-state index in [9.17, 15) is 22.7 Å². The number of nitrogens with one attached hydrogen (secondary N) is 1. The van der Waals surface area contributed by atoms with Gasteiger partial charge in [-0.25, -0.2) is 17.6 Å². The second-order valence-corrected chi connectivity index (χ2v) is 8.95. The number of benzene rings is 2. The Kier molecular flexibility index (Phi) is 6.39. The van der Waals surface area contributed by atoms with Crippen LogP contribution in [0.3, 0.4) is 0 Å². The number of nitrogens with zero attached hydrogens (tertiary/aromatic N) is 2. The molecular weight excluding hydrogens is 397 g/mol. The maximum Gasteiger partial charge on any atom is 0.335 e. The highest BCUT2D eigenvalue weighted by molar-refractivity contribution is 7.92. The van der Waals surface area contributed by atoms with Gasteiger partial charge in [0, 0.05) is 32.7 Å². The third-order valence-electron chi connectivity index (χ3n) is 4.90. The SMILES string of the molecule is CCS(=O)(=O)Nc1cc(C(=O)O)ccc1N1CCN(Cc2cccc(F)c2)CC1. The average Bonchev–Trinajstić information content (AvgIpc) is 2.68. The molecule has 0 amide bonds. The van der Waals surface area contributed by atoms with E-state index in [1.54, 1.807) is 12.1 Å². The van der Waals surface area contributed by atoms with Crippen LogP contribution < -0.4 is 9.62 Å². The standard InChI is InChI=1S/C20H24FN3O4S/c1-2-29(27,28)22-18-13-16(20(25)26)6-7-19(18)24-10-8-23(9-11-24)14-15-4-3-5-17(21)12-15/h3-7,12-13,22H,2,8-11,14H2,1H3,(H,25,26). The summed E-state index contributed by atoms with van der Waals surface area (Å²) in [7, 11) is -3.55. The molecule has 29 heavy (non-hydrogen) atoms. The Morgan fingerprint density at radius 3 is 2.48 bits per heavy atom. The lowest BCUT2D eigenvalue weighted by Crippen LogP contribution is -2.46. The number of aromatic carboxylic acids is 1. The van der Waals surface area contributed by atoms with E-state index in [0.29, 0.717) is 25.3 Å². The fourth-order valence-corrected chi connectivity index (χ4v) is 3.95. The molecule has 1 fully saturated rings. The first-order valence-electron chi connectivity index (χ1n) is 9.37. The normalized spacial score (nSPS) is 15.3. The monoisotopic (exact) mass is 421 g/mol. The van der Waals surface area contributed by atoms with E-state index in [2.05, 4.69) is 9.62 Å². The number of halogens is 1. The van der Waals surface area contributed by atoms with Crippen molar-refractivity contribution in [3.8, 4) is 0 Å². The Morgan fingerprint density at radius 2 is 1.86 bits per heavy atom. The topological polar surface area (TPSA) is 89.9 Å². The Morgan fingerprint density at radius 1 is 1.14 bits per heavy atom. The van der Waals surface area contributed by atoms with E-state index in [-0.39, 0.29) is 22.8 Å². The van der Waals surface area contributed by atoms with Gasteiger partial charge in [-0.15, -0.1) is 0 Å². The molecule has 1 saturated heterocycles. The highest BCUT2D eigenvalue weighted by atomic mass is 32.2. The van der Waals surface area contributed by atoms with Crippen molar-refractivity contribution in [3.05, 3.63) is 59.4 Å². The van der Waals surface area contributed by atoms with Gasteiger partial charge in [0.1, 0.15) is 5.82 Å². The van der Waals surface area contributed by atoms with Crippen molar-refractivity contribution in [1.82, 2.24) is 4.90 Å². The summed E-state index contributed by atoms with van der Waals surface area (Å²) >= 11 is 0. The molecule has 156 valence electrons. The van der Waals surface area contributed by atoms with Gasteiger partial charge < -0.3 is 10.0 Å². The van der Waals surface area contributed by atoms with E-state index in [1.165, 1.54) is 31.2 Å². The molecule has 2 aromatic rings. The lowest BCUT2D eigenvalue weighted by molar-refractivity contribution is 0.0697. The summed E-state index contributed by atoms with van der Waals surface area (Å²) in [4.78, 5) is 15.5. The molecule has 3 rings (SSSR count). The van der Waals surface area contributed by atoms with Crippen LogP contribution >= 0.6 is 0 Å². The number of hydrogen-bond acceptors (Lipinski definition) is 5. The number of sulfonamides is 1. The summed E-state index contributed by atoms with van der Waals surface area (Å²) in [6.45, 7) is 4.88. The van der Waals surface area contributed by atoms with Gasteiger partial charge in [-0.1, -0.05) is 12.1 Å². The largest absolute Gasteiger partial charge is 0.478 e. The minimum atomic E-state index is -3.55. The molecule has 1 heterocycles. The van der Waals surface area contributed by atoms with Gasteiger partial charge in [0.15, 0.2) is 0 Å². The number of carbonyl (C=O) groups is 1. The van der Waals surface area contributed by atoms with Gasteiger partial charge in [0.25, 0.3) is 0 Å². The van der Waals surface area contributed by atoms with Gasteiger partial charge in [-0.05, 0) is 42.8 Å². The third kappa shape index (κ3) is 5.45. The van der Waals surface area contributed by atoms with Crippen molar-refractivity contribution in [2.24, 2.45) is 0 Å². The Hall–Kier alpha value is -2.65. The molecule has 1 aliphatic heterocycles. The molecule has 0 bridgehead atoms. The van der Waals surface area contributed by atoms with Crippen molar-refractivity contribution < 1.29 is 22.7 Å². The van der Waals surface area contributed by atoms with Gasteiger partial charge in [-0.3, -0.25) is 9.62 Å². The van der Waals surface area contributed by atoms with Crippen LogP contribution in [0.2, 0.25) is 0 Å². The fraction of sp³-hybridized carbons (Fsp3) is 0.350. The van der Waals surface area contributed by atoms with Crippen molar-refractivity contribution in [2.75, 3.05) is 41.6 Å². The summed E-state index contributed by atoms with van der Waals surface area (Å²) < 4.78 is 40.0. The third-order valence-corrected chi connectivity index (χ3v) is 6.19. The summed E-state index contributed by atoms with van der Waals surface area (Å²) in [6.07, 6.45) is 0. The first-order valence-corrected chi connectivity index (χ1v) is 11.0. The highest BCUT2D eigenvalue weighted by Crippen LogP contribution is 2.29. The zero-order valence-corrected chi connectivity index (χ0v) is 17.0. The zero-order valence-electron chi connectivity index (χ0n) is 16.1. The number of anilines is 2. The molecule has 7 nitrogen and oxygen atoms in total. The number of hydrogen-bond donors (Lipinski definition) is 2. The minimum absolute atomic E-state index is 0.0206. The van der Waals surface area contributed by atoms with Crippen molar-refractivity contribution in [1.29, 1.82) is 0 Å². The summed E-state index contributed by atoms with van der Waals surface area (Å²) in [5.41, 5.74) is 1.84. The summed E-state index contributed by atoms with van der Waals surface area (Å²) in [6, 6.07) is 11.0. The minimum Gasteiger partial charge on any atom is -0.478 e. The molecule has 0 saturated carbocycles. The molecule has 0 unspecified atom stereocenters.